The number of rotatable bonds is 68. The Morgan fingerprint density at radius 1 is 0.495 bits per heavy atom. The standard InChI is InChI=1S/C84H154N2O21/c1-4-6-8-10-12-14-16-18-20-22-24-26-28-29-30-31-32-33-34-35-36-38-40-42-44-46-48-50-52-54-56-58-71(94)86-65(66(91)57-55-53-51-49-47-45-43-41-39-37-27-25-23-21-19-17-15-13-11-9-7-5-2)63-102-81-76(98)75(97)78(70(62-89)104-81)105-82-77(99)80(74(96)69(61-88)103-82)107-84(83(100)101)59-67(92)72(85-64(3)90)79(106-84)73(95)68(93)60-87/h24,26,29-30,55,57,65-70,72-82,87-89,91-93,95-99H,4-23,25,27-28,31-54,56,58-63H2,1-3H3,(H,85,90)(H,86,94)(H,100,101)/b26-24-,30-29-,57-55+. The van der Waals surface area contributed by atoms with Crippen molar-refractivity contribution in [3.05, 3.63) is 36.5 Å². The van der Waals surface area contributed by atoms with Crippen LogP contribution in [-0.4, -0.2) is 215 Å². The molecule has 3 heterocycles. The van der Waals surface area contributed by atoms with E-state index in [1.54, 1.807) is 6.08 Å². The smallest absolute Gasteiger partial charge is 0.364 e. The maximum absolute atomic E-state index is 13.6. The van der Waals surface area contributed by atoms with Crippen molar-refractivity contribution in [1.82, 2.24) is 10.6 Å². The lowest BCUT2D eigenvalue weighted by Gasteiger charge is -2.50. The molecule has 3 saturated heterocycles. The van der Waals surface area contributed by atoms with E-state index in [0.717, 1.165) is 58.3 Å². The van der Waals surface area contributed by atoms with E-state index in [4.69, 9.17) is 28.4 Å². The van der Waals surface area contributed by atoms with Gasteiger partial charge in [0.2, 0.25) is 11.8 Å². The van der Waals surface area contributed by atoms with Crippen molar-refractivity contribution in [2.75, 3.05) is 26.4 Å². The van der Waals surface area contributed by atoms with Gasteiger partial charge in [0, 0.05) is 19.8 Å². The number of carbonyl (C=O) groups excluding carboxylic acids is 2. The van der Waals surface area contributed by atoms with E-state index in [-0.39, 0.29) is 12.3 Å². The number of allylic oxidation sites excluding steroid dienone is 5. The predicted molar refractivity (Wildman–Crippen MR) is 417 cm³/mol. The van der Waals surface area contributed by atoms with E-state index in [2.05, 4.69) is 48.8 Å². The number of aliphatic carboxylic acids is 1. The molecule has 23 heteroatoms. The lowest BCUT2D eigenvalue weighted by molar-refractivity contribution is -0.386. The Morgan fingerprint density at radius 2 is 0.907 bits per heavy atom. The van der Waals surface area contributed by atoms with Gasteiger partial charge in [0.15, 0.2) is 12.6 Å². The first-order valence-corrected chi connectivity index (χ1v) is 42.9. The van der Waals surface area contributed by atoms with Crippen molar-refractivity contribution in [2.24, 2.45) is 0 Å². The monoisotopic (exact) mass is 1530 g/mol. The van der Waals surface area contributed by atoms with Crippen LogP contribution in [-0.2, 0) is 42.8 Å². The summed E-state index contributed by atoms with van der Waals surface area (Å²) in [5, 5.41) is 137. The molecule has 0 spiro atoms. The topological polar surface area (TPSA) is 373 Å². The zero-order valence-corrected chi connectivity index (χ0v) is 66.5. The summed E-state index contributed by atoms with van der Waals surface area (Å²) in [7, 11) is 0. The fraction of sp³-hybridized carbons (Fsp3) is 0.893. The van der Waals surface area contributed by atoms with Crippen LogP contribution in [0.1, 0.15) is 342 Å². The number of hydrogen-bond acceptors (Lipinski definition) is 20. The lowest BCUT2D eigenvalue weighted by Crippen LogP contribution is -2.70. The van der Waals surface area contributed by atoms with Crippen molar-refractivity contribution in [2.45, 2.75) is 452 Å². The van der Waals surface area contributed by atoms with Crippen LogP contribution in [0.4, 0.5) is 0 Å². The quantitative estimate of drug-likeness (QED) is 0.0199. The summed E-state index contributed by atoms with van der Waals surface area (Å²) in [6.45, 7) is 2.19. The van der Waals surface area contributed by atoms with Crippen LogP contribution in [0.5, 0.6) is 0 Å². The Kier molecular flexibility index (Phi) is 57.2. The molecule has 0 saturated carbocycles. The molecule has 0 aliphatic carbocycles. The Bertz CT molecular complexity index is 2270. The van der Waals surface area contributed by atoms with Crippen LogP contribution < -0.4 is 10.6 Å². The minimum absolute atomic E-state index is 0.201. The molecule has 0 aromatic carbocycles. The van der Waals surface area contributed by atoms with Gasteiger partial charge < -0.3 is 100 Å². The first-order valence-electron chi connectivity index (χ1n) is 42.9. The zero-order valence-electron chi connectivity index (χ0n) is 66.5. The number of unbranched alkanes of at least 4 members (excludes halogenated alkanes) is 44. The molecule has 18 unspecified atom stereocenters. The summed E-state index contributed by atoms with van der Waals surface area (Å²) in [6.07, 6.45) is 43.2. The molecule has 3 aliphatic heterocycles. The number of hydrogen-bond donors (Lipinski definition) is 14. The van der Waals surface area contributed by atoms with Gasteiger partial charge in [0.1, 0.15) is 67.1 Å². The number of amides is 2. The third kappa shape index (κ3) is 42.1. The van der Waals surface area contributed by atoms with E-state index < -0.39 is 155 Å². The molecule has 2 amide bonds. The number of carboxylic acid groups (broad SMARTS) is 1. The van der Waals surface area contributed by atoms with Gasteiger partial charge in [-0.3, -0.25) is 9.59 Å². The van der Waals surface area contributed by atoms with Gasteiger partial charge in [0.05, 0.1) is 50.7 Å². The van der Waals surface area contributed by atoms with Crippen LogP contribution in [0.15, 0.2) is 36.5 Å². The highest BCUT2D eigenvalue weighted by Gasteiger charge is 2.60. The number of carbonyl (C=O) groups is 3. The van der Waals surface area contributed by atoms with Crippen LogP contribution in [0.25, 0.3) is 0 Å². The summed E-state index contributed by atoms with van der Waals surface area (Å²) < 4.78 is 35.0. The van der Waals surface area contributed by atoms with Gasteiger partial charge in [-0.15, -0.1) is 0 Å². The lowest BCUT2D eigenvalue weighted by atomic mass is 9.88. The van der Waals surface area contributed by atoms with Crippen molar-refractivity contribution >= 4 is 17.8 Å². The van der Waals surface area contributed by atoms with E-state index in [1.165, 1.54) is 244 Å². The summed E-state index contributed by atoms with van der Waals surface area (Å²) in [5.74, 6) is -6.14. The molecule has 3 fully saturated rings. The van der Waals surface area contributed by atoms with Crippen LogP contribution in [0, 0.1) is 0 Å². The van der Waals surface area contributed by atoms with Gasteiger partial charge in [-0.2, -0.15) is 0 Å². The molecule has 3 aliphatic rings. The Morgan fingerprint density at radius 3 is 1.32 bits per heavy atom. The number of aliphatic hydroxyl groups excluding tert-OH is 11. The summed E-state index contributed by atoms with van der Waals surface area (Å²) in [4.78, 5) is 38.7. The number of ether oxygens (including phenoxy) is 6. The molecule has 0 aromatic rings. The molecule has 18 atom stereocenters. The maximum atomic E-state index is 13.6. The molecule has 0 bridgehead atoms. The third-order valence-corrected chi connectivity index (χ3v) is 21.6. The zero-order chi connectivity index (χ0) is 78.1. The molecule has 626 valence electrons. The second-order valence-electron chi connectivity index (χ2n) is 31.0. The molecule has 23 nitrogen and oxygen atoms in total. The Hall–Kier alpha value is -3.05. The molecular formula is C84H154N2O21. The molecule has 107 heavy (non-hydrogen) atoms. The Balaban J connectivity index is 1.48. The van der Waals surface area contributed by atoms with Crippen LogP contribution in [0.3, 0.4) is 0 Å². The van der Waals surface area contributed by atoms with Crippen molar-refractivity contribution in [3.63, 3.8) is 0 Å². The first kappa shape index (κ1) is 98.1. The fourth-order valence-electron chi connectivity index (χ4n) is 14.8. The number of nitrogens with one attached hydrogen (secondary N) is 2. The van der Waals surface area contributed by atoms with Gasteiger partial charge in [-0.05, 0) is 51.4 Å². The summed E-state index contributed by atoms with van der Waals surface area (Å²) in [5.41, 5.74) is 0. The number of aliphatic hydroxyl groups is 11. The van der Waals surface area contributed by atoms with Crippen molar-refractivity contribution < 1.29 is 104 Å². The highest BCUT2D eigenvalue weighted by atomic mass is 16.8. The van der Waals surface area contributed by atoms with Crippen molar-refractivity contribution in [3.8, 4) is 0 Å². The van der Waals surface area contributed by atoms with E-state index in [0.29, 0.717) is 12.8 Å². The third-order valence-electron chi connectivity index (χ3n) is 21.6. The van der Waals surface area contributed by atoms with Crippen LogP contribution >= 0.6 is 0 Å². The van der Waals surface area contributed by atoms with Gasteiger partial charge in [-0.25, -0.2) is 4.79 Å². The molecule has 0 aromatic heterocycles. The van der Waals surface area contributed by atoms with Gasteiger partial charge >= 0.3 is 5.97 Å². The van der Waals surface area contributed by atoms with E-state index >= 15 is 0 Å². The average molecular weight is 1530 g/mol. The van der Waals surface area contributed by atoms with E-state index in [9.17, 15) is 75.7 Å². The molecule has 3 rings (SSSR count). The van der Waals surface area contributed by atoms with E-state index in [1.807, 2.05) is 6.08 Å². The second-order valence-corrected chi connectivity index (χ2v) is 31.0. The SMILES string of the molecule is CCCCCCCCCCC/C=C\C/C=C\CCCCCCCCCCCCCCCCCC(=O)NC(COC1OC(CO)C(OC2OC(CO)C(O)C(OC3(C(=O)O)CC(O)C(NC(C)=O)C(C(O)C(O)CO)O3)C2O)C(O)C1O)C(O)/C=C/CCCCCCCCCCCCCCCCCCCCCC. The van der Waals surface area contributed by atoms with Crippen molar-refractivity contribution in [1.29, 1.82) is 0 Å². The normalized spacial score (nSPS) is 26.1. The minimum Gasteiger partial charge on any atom is -0.477 e. The molecule has 14 N–H and O–H groups in total. The minimum atomic E-state index is -3.08. The summed E-state index contributed by atoms with van der Waals surface area (Å²) in [6, 6.07) is -2.62. The second kappa shape index (κ2) is 62.4. The highest BCUT2D eigenvalue weighted by Crippen LogP contribution is 2.39. The maximum Gasteiger partial charge on any atom is 0.364 e. The predicted octanol–water partition coefficient (Wildman–Crippen LogP) is 12.5. The van der Waals surface area contributed by atoms with Gasteiger partial charge in [-0.1, -0.05) is 307 Å². The highest BCUT2D eigenvalue weighted by molar-refractivity contribution is 5.77. The largest absolute Gasteiger partial charge is 0.477 e. The fourth-order valence-corrected chi connectivity index (χ4v) is 14.8. The first-order chi connectivity index (χ1) is 51.9. The van der Waals surface area contributed by atoms with Crippen LogP contribution in [0.2, 0.25) is 0 Å². The Labute approximate surface area is 644 Å². The molecular weight excluding hydrogens is 1370 g/mol. The summed E-state index contributed by atoms with van der Waals surface area (Å²) >= 11 is 0. The molecule has 0 radical (unpaired) electrons. The van der Waals surface area contributed by atoms with Gasteiger partial charge in [0.25, 0.3) is 5.79 Å². The average Bonchev–Trinajstić information content (AvgIpc) is 0.752. The number of carboxylic acids is 1.